The molecule has 0 radical (unpaired) electrons. The van der Waals surface area contributed by atoms with Crippen molar-refractivity contribution < 1.29 is 42.7 Å². The lowest BCUT2D eigenvalue weighted by Crippen LogP contribution is -2.03. The van der Waals surface area contributed by atoms with E-state index in [-0.39, 0.29) is 0 Å². The van der Waals surface area contributed by atoms with E-state index < -0.39 is 12.3 Å². The monoisotopic (exact) mass is 600 g/mol. The average molecular weight is 601 g/mol. The zero-order valence-electron chi connectivity index (χ0n) is 25.5. The number of rotatable bonds is 12. The third kappa shape index (κ3) is 6.74. The topological polar surface area (TPSA) is 90.9 Å². The summed E-state index contributed by atoms with van der Waals surface area (Å²) in [5, 5.41) is 0. The largest absolute Gasteiger partial charge is 0.497 e. The summed E-state index contributed by atoms with van der Waals surface area (Å²) in [7, 11) is 7.82. The summed E-state index contributed by atoms with van der Waals surface area (Å²) < 4.78 is 44.9. The molecule has 1 saturated heterocycles. The number of hydrogen-bond acceptors (Lipinski definition) is 9. The molecule has 0 aromatic heterocycles. The van der Waals surface area contributed by atoms with Gasteiger partial charge in [0.15, 0.2) is 17.8 Å². The summed E-state index contributed by atoms with van der Waals surface area (Å²) >= 11 is 0. The molecule has 1 heterocycles. The van der Waals surface area contributed by atoms with Crippen molar-refractivity contribution >= 4 is 5.97 Å². The Labute approximate surface area is 257 Å². The Balaban J connectivity index is 1.39. The highest BCUT2D eigenvalue weighted by Crippen LogP contribution is 2.39. The van der Waals surface area contributed by atoms with Gasteiger partial charge in [0, 0.05) is 17.2 Å². The molecule has 44 heavy (non-hydrogen) atoms. The predicted octanol–water partition coefficient (Wildman–Crippen LogP) is 6.80. The highest BCUT2D eigenvalue weighted by molar-refractivity contribution is 5.91. The van der Waals surface area contributed by atoms with Gasteiger partial charge in [0.1, 0.15) is 23.0 Å². The van der Waals surface area contributed by atoms with Crippen molar-refractivity contribution in [3.63, 3.8) is 0 Å². The van der Waals surface area contributed by atoms with Crippen molar-refractivity contribution in [2.75, 3.05) is 48.8 Å². The first-order valence-electron chi connectivity index (χ1n) is 14.2. The number of hydrogen-bond donors (Lipinski definition) is 0. The first-order valence-corrected chi connectivity index (χ1v) is 14.2. The molecule has 1 fully saturated rings. The maximum absolute atomic E-state index is 12.1. The van der Waals surface area contributed by atoms with Crippen LogP contribution in [0.25, 0.3) is 11.1 Å². The van der Waals surface area contributed by atoms with Gasteiger partial charge in [-0.05, 0) is 78.1 Å². The second-order valence-corrected chi connectivity index (χ2v) is 9.99. The number of aryl methyl sites for hydroxylation is 2. The van der Waals surface area contributed by atoms with Gasteiger partial charge in [-0.3, -0.25) is 0 Å². The van der Waals surface area contributed by atoms with Gasteiger partial charge in [0.05, 0.1) is 54.3 Å². The number of carbonyl (C=O) groups excluding carboxylic acids is 1. The normalized spacial score (nSPS) is 12.9. The minimum Gasteiger partial charge on any atom is -0.497 e. The summed E-state index contributed by atoms with van der Waals surface area (Å²) in [6, 6.07) is 22.6. The maximum atomic E-state index is 12.1. The standard InChI is InChI=1S/C35H36O9/c1-37-26-12-14-28(29-13-9-24(34(36)41-5)19-32(29)40-4)23(18-26)7-6-22-8-11-27(21-31(22)39-3)44-33-20-25(10-15-30(33)38-2)35-42-16-17-43-35/h8-15,18-21,35H,6-7,16-17H2,1-5H3. The zero-order chi connectivity index (χ0) is 31.1. The molecule has 5 rings (SSSR count). The summed E-state index contributed by atoms with van der Waals surface area (Å²) in [4.78, 5) is 12.1. The summed E-state index contributed by atoms with van der Waals surface area (Å²) in [6.45, 7) is 1.11. The molecule has 0 unspecified atom stereocenters. The number of methoxy groups -OCH3 is 5. The molecule has 0 atom stereocenters. The van der Waals surface area contributed by atoms with Crippen LogP contribution in [-0.4, -0.2) is 54.7 Å². The number of esters is 1. The smallest absolute Gasteiger partial charge is 0.337 e. The molecular formula is C35H36O9. The minimum absolute atomic E-state index is 0.416. The fourth-order valence-electron chi connectivity index (χ4n) is 5.19. The molecule has 0 amide bonds. The fourth-order valence-corrected chi connectivity index (χ4v) is 5.19. The van der Waals surface area contributed by atoms with Crippen LogP contribution < -0.4 is 23.7 Å². The third-order valence-corrected chi connectivity index (χ3v) is 7.46. The quantitative estimate of drug-likeness (QED) is 0.163. The number of ether oxygens (including phenoxy) is 8. The second kappa shape index (κ2) is 14.2. The van der Waals surface area contributed by atoms with Gasteiger partial charge in [-0.25, -0.2) is 4.79 Å². The molecule has 0 spiro atoms. The highest BCUT2D eigenvalue weighted by Gasteiger charge is 2.21. The molecule has 0 aliphatic carbocycles. The van der Waals surface area contributed by atoms with Crippen molar-refractivity contribution in [1.82, 2.24) is 0 Å². The van der Waals surface area contributed by atoms with Crippen LogP contribution in [0.1, 0.15) is 33.3 Å². The molecule has 9 heteroatoms. The van der Waals surface area contributed by atoms with E-state index in [2.05, 4.69) is 0 Å². The first-order chi connectivity index (χ1) is 21.5. The maximum Gasteiger partial charge on any atom is 0.337 e. The molecule has 9 nitrogen and oxygen atoms in total. The molecule has 0 bridgehead atoms. The fraction of sp³-hybridized carbons (Fsp3) is 0.286. The van der Waals surface area contributed by atoms with Gasteiger partial charge >= 0.3 is 5.97 Å². The summed E-state index contributed by atoms with van der Waals surface area (Å²) in [5.41, 5.74) is 5.16. The SMILES string of the molecule is COC(=O)c1ccc(-c2ccc(OC)cc2CCc2ccc(Oc3cc(C4OCCO4)ccc3OC)cc2OC)c(OC)c1. The molecule has 0 N–H and O–H groups in total. The van der Waals surface area contributed by atoms with Gasteiger partial charge in [-0.1, -0.05) is 18.2 Å². The molecule has 1 aliphatic rings. The summed E-state index contributed by atoms with van der Waals surface area (Å²) in [6.07, 6.45) is 0.941. The highest BCUT2D eigenvalue weighted by atomic mass is 16.7. The van der Waals surface area contributed by atoms with Crippen LogP contribution in [0, 0.1) is 0 Å². The van der Waals surface area contributed by atoms with Crippen LogP contribution in [0.5, 0.6) is 34.5 Å². The van der Waals surface area contributed by atoms with E-state index in [1.165, 1.54) is 7.11 Å². The van der Waals surface area contributed by atoms with Crippen molar-refractivity contribution in [2.45, 2.75) is 19.1 Å². The van der Waals surface area contributed by atoms with E-state index in [1.807, 2.05) is 60.7 Å². The van der Waals surface area contributed by atoms with Crippen molar-refractivity contribution in [2.24, 2.45) is 0 Å². The van der Waals surface area contributed by atoms with E-state index in [4.69, 9.17) is 37.9 Å². The van der Waals surface area contributed by atoms with Crippen LogP contribution in [0.2, 0.25) is 0 Å². The van der Waals surface area contributed by atoms with Gasteiger partial charge in [-0.15, -0.1) is 0 Å². The molecular weight excluding hydrogens is 564 g/mol. The van der Waals surface area contributed by atoms with Crippen LogP contribution in [-0.2, 0) is 27.1 Å². The molecule has 0 saturated carbocycles. The Morgan fingerprint density at radius 1 is 0.636 bits per heavy atom. The van der Waals surface area contributed by atoms with E-state index in [1.54, 1.807) is 40.6 Å². The predicted molar refractivity (Wildman–Crippen MR) is 164 cm³/mol. The third-order valence-electron chi connectivity index (χ3n) is 7.46. The second-order valence-electron chi connectivity index (χ2n) is 9.99. The van der Waals surface area contributed by atoms with Crippen LogP contribution >= 0.6 is 0 Å². The molecule has 4 aromatic rings. The Hall–Kier alpha value is -4.73. The van der Waals surface area contributed by atoms with Gasteiger partial charge in [0.25, 0.3) is 0 Å². The molecule has 4 aromatic carbocycles. The van der Waals surface area contributed by atoms with Gasteiger partial charge in [-0.2, -0.15) is 0 Å². The lowest BCUT2D eigenvalue weighted by molar-refractivity contribution is -0.0442. The van der Waals surface area contributed by atoms with Crippen LogP contribution in [0.3, 0.4) is 0 Å². The average Bonchev–Trinajstić information content (AvgIpc) is 3.62. The number of benzene rings is 4. The Kier molecular flexibility index (Phi) is 9.89. The summed E-state index contributed by atoms with van der Waals surface area (Å²) in [5.74, 6) is 3.34. The van der Waals surface area contributed by atoms with Gasteiger partial charge < -0.3 is 37.9 Å². The van der Waals surface area contributed by atoms with Crippen LogP contribution in [0.4, 0.5) is 0 Å². The Morgan fingerprint density at radius 2 is 1.34 bits per heavy atom. The van der Waals surface area contributed by atoms with Crippen LogP contribution in [0.15, 0.2) is 72.8 Å². The number of carbonyl (C=O) groups is 1. The van der Waals surface area contributed by atoms with Crippen molar-refractivity contribution in [3.8, 4) is 45.6 Å². The van der Waals surface area contributed by atoms with E-state index in [0.29, 0.717) is 60.4 Å². The van der Waals surface area contributed by atoms with Crippen molar-refractivity contribution in [3.05, 3.63) is 95.1 Å². The van der Waals surface area contributed by atoms with E-state index in [0.717, 1.165) is 33.6 Å². The van der Waals surface area contributed by atoms with E-state index >= 15 is 0 Å². The Morgan fingerprint density at radius 3 is 2.05 bits per heavy atom. The molecule has 230 valence electrons. The first kappa shape index (κ1) is 30.7. The minimum atomic E-state index is -0.424. The lowest BCUT2D eigenvalue weighted by atomic mass is 9.93. The lowest BCUT2D eigenvalue weighted by Gasteiger charge is -2.17. The molecule has 1 aliphatic heterocycles. The van der Waals surface area contributed by atoms with E-state index in [9.17, 15) is 4.79 Å². The van der Waals surface area contributed by atoms with Crippen molar-refractivity contribution in [1.29, 1.82) is 0 Å². The Bertz CT molecular complexity index is 1610. The van der Waals surface area contributed by atoms with Gasteiger partial charge in [0.2, 0.25) is 0 Å². The zero-order valence-corrected chi connectivity index (χ0v) is 25.5.